The number of aliphatic hydroxyl groups excluding tert-OH is 1. The van der Waals surface area contributed by atoms with Crippen molar-refractivity contribution in [3.8, 4) is 0 Å². The first-order valence-electron chi connectivity index (χ1n) is 7.71. The molecule has 1 N–H and O–H groups in total. The molecule has 0 fully saturated rings. The highest BCUT2D eigenvalue weighted by Gasteiger charge is 2.28. The second-order valence-electron chi connectivity index (χ2n) is 5.21. The van der Waals surface area contributed by atoms with E-state index in [1.165, 1.54) is 0 Å². The van der Waals surface area contributed by atoms with Crippen LogP contribution in [0.5, 0.6) is 0 Å². The van der Waals surface area contributed by atoms with E-state index in [1.807, 2.05) is 0 Å². The van der Waals surface area contributed by atoms with Crippen molar-refractivity contribution in [1.29, 1.82) is 0 Å². The Labute approximate surface area is 139 Å². The molecule has 0 aliphatic rings. The van der Waals surface area contributed by atoms with Gasteiger partial charge in [0, 0.05) is 12.2 Å². The standard InChI is InChI=1S/C13H30O6Si3/c1-11(2)13(15)17-10-12(14)9-16-7-6-8-22(5,18-20-3)19-21-4/h12,14H,1,6-10,20-21H2,2-5H3/t12-/m1/s1. The van der Waals surface area contributed by atoms with Crippen molar-refractivity contribution in [2.75, 3.05) is 19.8 Å². The van der Waals surface area contributed by atoms with Gasteiger partial charge in [-0.1, -0.05) is 19.7 Å². The summed E-state index contributed by atoms with van der Waals surface area (Å²) in [6.07, 6.45) is 0.0367. The minimum absolute atomic E-state index is 0.0761. The lowest BCUT2D eigenvalue weighted by Gasteiger charge is -2.27. The zero-order chi connectivity index (χ0) is 17.0. The first-order valence-corrected chi connectivity index (χ1v) is 14.2. The van der Waals surface area contributed by atoms with Gasteiger partial charge in [0.25, 0.3) is 0 Å². The molecule has 0 rings (SSSR count). The van der Waals surface area contributed by atoms with Gasteiger partial charge < -0.3 is 22.8 Å². The van der Waals surface area contributed by atoms with Crippen molar-refractivity contribution in [2.24, 2.45) is 0 Å². The minimum Gasteiger partial charge on any atom is -0.460 e. The molecule has 0 spiro atoms. The normalized spacial score (nSPS) is 16.2. The van der Waals surface area contributed by atoms with Gasteiger partial charge in [0.1, 0.15) is 32.2 Å². The molecule has 0 unspecified atom stereocenters. The SMILES string of the molecule is C=C(C)C(=O)OC[C@H](O)COCCC[Si](C)(O[SiH2]C)O[SiH2]C. The molecule has 6 nitrogen and oxygen atoms in total. The maximum absolute atomic E-state index is 11.2. The van der Waals surface area contributed by atoms with Gasteiger partial charge in [-0.25, -0.2) is 4.79 Å². The second-order valence-corrected chi connectivity index (χ2v) is 11.4. The molecule has 1 atom stereocenters. The molecule has 9 heteroatoms. The molecular formula is C13H30O6Si3. The lowest BCUT2D eigenvalue weighted by atomic mass is 10.3. The molecule has 0 aromatic rings. The molecular weight excluding hydrogens is 336 g/mol. The van der Waals surface area contributed by atoms with Crippen LogP contribution in [0.4, 0.5) is 0 Å². The van der Waals surface area contributed by atoms with Gasteiger partial charge >= 0.3 is 14.5 Å². The van der Waals surface area contributed by atoms with E-state index in [-0.39, 0.29) is 13.2 Å². The Kier molecular flexibility index (Phi) is 12.0. The quantitative estimate of drug-likeness (QED) is 0.218. The van der Waals surface area contributed by atoms with Gasteiger partial charge in [-0.3, -0.25) is 0 Å². The smallest absolute Gasteiger partial charge is 0.333 e. The predicted molar refractivity (Wildman–Crippen MR) is 94.6 cm³/mol. The number of ether oxygens (including phenoxy) is 2. The molecule has 0 heterocycles. The average Bonchev–Trinajstić information content (AvgIpc) is 2.44. The van der Waals surface area contributed by atoms with E-state index < -0.39 is 40.2 Å². The number of hydrogen-bond acceptors (Lipinski definition) is 6. The highest BCUT2D eigenvalue weighted by molar-refractivity contribution is 6.74. The Morgan fingerprint density at radius 3 is 2.36 bits per heavy atom. The first kappa shape index (κ1) is 21.7. The molecule has 0 aliphatic carbocycles. The van der Waals surface area contributed by atoms with Crippen LogP contribution in [0.15, 0.2) is 12.2 Å². The number of carbonyl (C=O) groups excluding carboxylic acids is 1. The summed E-state index contributed by atoms with van der Waals surface area (Å²) < 4.78 is 22.1. The van der Waals surface area contributed by atoms with Crippen LogP contribution in [-0.2, 0) is 22.5 Å². The fraction of sp³-hybridized carbons (Fsp3) is 0.769. The van der Waals surface area contributed by atoms with E-state index in [4.69, 9.17) is 17.7 Å². The maximum atomic E-state index is 11.2. The molecule has 0 saturated heterocycles. The molecule has 0 aromatic carbocycles. The van der Waals surface area contributed by atoms with Crippen molar-refractivity contribution >= 4 is 34.1 Å². The number of rotatable bonds is 13. The predicted octanol–water partition coefficient (Wildman–Crippen LogP) is 0.242. The molecule has 0 saturated carbocycles. The molecule has 0 aromatic heterocycles. The van der Waals surface area contributed by atoms with Crippen molar-refractivity contribution in [3.05, 3.63) is 12.2 Å². The number of esters is 1. The monoisotopic (exact) mass is 366 g/mol. The first-order chi connectivity index (χ1) is 10.3. The number of carbonyl (C=O) groups is 1. The van der Waals surface area contributed by atoms with Gasteiger partial charge in [0.15, 0.2) is 0 Å². The highest BCUT2D eigenvalue weighted by Crippen LogP contribution is 2.15. The zero-order valence-electron chi connectivity index (χ0n) is 14.2. The highest BCUT2D eigenvalue weighted by atomic mass is 28.4. The van der Waals surface area contributed by atoms with Crippen LogP contribution in [0.3, 0.4) is 0 Å². The summed E-state index contributed by atoms with van der Waals surface area (Å²) >= 11 is 0. The third-order valence-electron chi connectivity index (χ3n) is 2.88. The number of hydrogen-bond donors (Lipinski definition) is 1. The summed E-state index contributed by atoms with van der Waals surface area (Å²) in [7, 11) is -2.89. The van der Waals surface area contributed by atoms with Crippen molar-refractivity contribution in [2.45, 2.75) is 45.1 Å². The average molecular weight is 367 g/mol. The van der Waals surface area contributed by atoms with Crippen LogP contribution in [0.25, 0.3) is 0 Å². The summed E-state index contributed by atoms with van der Waals surface area (Å²) in [5, 5.41) is 9.65. The summed E-state index contributed by atoms with van der Waals surface area (Å²) in [6, 6.07) is 0.912. The minimum atomic E-state index is -1.97. The molecule has 0 aliphatic heterocycles. The van der Waals surface area contributed by atoms with Gasteiger partial charge in [0.05, 0.1) is 6.61 Å². The zero-order valence-corrected chi connectivity index (χ0v) is 18.1. The van der Waals surface area contributed by atoms with Crippen molar-refractivity contribution in [1.82, 2.24) is 0 Å². The Morgan fingerprint density at radius 2 is 1.86 bits per heavy atom. The Morgan fingerprint density at radius 1 is 1.27 bits per heavy atom. The van der Waals surface area contributed by atoms with Gasteiger partial charge in [-0.2, -0.15) is 0 Å². The van der Waals surface area contributed by atoms with Crippen LogP contribution in [0.2, 0.25) is 25.7 Å². The van der Waals surface area contributed by atoms with Crippen LogP contribution in [-0.4, -0.2) is 65.1 Å². The Balaban J connectivity index is 3.78. The fourth-order valence-corrected chi connectivity index (χ4v) is 9.76. The Hall–Kier alpha value is -0.299. The van der Waals surface area contributed by atoms with Crippen LogP contribution in [0, 0.1) is 0 Å². The van der Waals surface area contributed by atoms with Gasteiger partial charge in [-0.15, -0.1) is 0 Å². The van der Waals surface area contributed by atoms with Crippen molar-refractivity contribution < 1.29 is 27.6 Å². The van der Waals surface area contributed by atoms with E-state index in [0.717, 1.165) is 12.5 Å². The largest absolute Gasteiger partial charge is 0.460 e. The lowest BCUT2D eigenvalue weighted by molar-refractivity contribution is -0.143. The van der Waals surface area contributed by atoms with E-state index in [0.29, 0.717) is 12.2 Å². The fourth-order valence-electron chi connectivity index (χ4n) is 1.85. The van der Waals surface area contributed by atoms with Crippen LogP contribution in [0.1, 0.15) is 13.3 Å². The molecule has 130 valence electrons. The van der Waals surface area contributed by atoms with E-state index in [9.17, 15) is 9.90 Å². The van der Waals surface area contributed by atoms with Crippen LogP contribution >= 0.6 is 0 Å². The van der Waals surface area contributed by atoms with Crippen LogP contribution < -0.4 is 0 Å². The summed E-state index contributed by atoms with van der Waals surface area (Å²) in [6.45, 7) is 12.0. The van der Waals surface area contributed by atoms with E-state index in [1.54, 1.807) is 6.92 Å². The lowest BCUT2D eigenvalue weighted by Crippen LogP contribution is -2.40. The molecule has 22 heavy (non-hydrogen) atoms. The number of aliphatic hydroxyl groups is 1. The van der Waals surface area contributed by atoms with Gasteiger partial charge in [0.2, 0.25) is 0 Å². The van der Waals surface area contributed by atoms with Gasteiger partial charge in [-0.05, 0) is 25.9 Å². The van der Waals surface area contributed by atoms with E-state index >= 15 is 0 Å². The topological polar surface area (TPSA) is 74.2 Å². The Bertz CT molecular complexity index is 334. The third-order valence-corrected chi connectivity index (χ3v) is 11.3. The van der Waals surface area contributed by atoms with E-state index in [2.05, 4.69) is 26.2 Å². The maximum Gasteiger partial charge on any atom is 0.333 e. The molecule has 0 amide bonds. The second kappa shape index (κ2) is 12.2. The molecule has 0 bridgehead atoms. The summed E-state index contributed by atoms with van der Waals surface area (Å²) in [4.78, 5) is 11.2. The van der Waals surface area contributed by atoms with Crippen molar-refractivity contribution in [3.63, 3.8) is 0 Å². The summed E-state index contributed by atoms with van der Waals surface area (Å²) in [5.74, 6) is -0.498. The third kappa shape index (κ3) is 10.4. The summed E-state index contributed by atoms with van der Waals surface area (Å²) in [5.41, 5.74) is 0.316. The molecule has 0 radical (unpaired) electrons.